The van der Waals surface area contributed by atoms with Crippen LogP contribution in [0.3, 0.4) is 0 Å². The first-order chi connectivity index (χ1) is 12.1. The van der Waals surface area contributed by atoms with Gasteiger partial charge in [0.1, 0.15) is 10.8 Å². The lowest BCUT2D eigenvalue weighted by Gasteiger charge is -2.15. The molecule has 0 saturated heterocycles. The molecule has 1 amide bonds. The molecule has 0 saturated carbocycles. The number of fused-ring (bicyclic) bond motifs is 1. The number of hydrogen-bond donors (Lipinski definition) is 1. The molecule has 1 aromatic carbocycles. The van der Waals surface area contributed by atoms with Gasteiger partial charge in [-0.25, -0.2) is 4.79 Å². The number of anilines is 1. The van der Waals surface area contributed by atoms with Crippen molar-refractivity contribution in [2.24, 2.45) is 0 Å². The third kappa shape index (κ3) is 3.85. The molecule has 1 atom stereocenters. The van der Waals surface area contributed by atoms with E-state index in [4.69, 9.17) is 9.47 Å². The van der Waals surface area contributed by atoms with Gasteiger partial charge in [-0.15, -0.1) is 11.3 Å². The summed E-state index contributed by atoms with van der Waals surface area (Å²) in [5.41, 5.74) is 1.53. The number of thiophene rings is 1. The van der Waals surface area contributed by atoms with Crippen LogP contribution in [0.1, 0.15) is 40.6 Å². The van der Waals surface area contributed by atoms with Crippen molar-refractivity contribution in [2.45, 2.75) is 38.7 Å². The van der Waals surface area contributed by atoms with Crippen molar-refractivity contribution in [3.63, 3.8) is 0 Å². The fourth-order valence-electron chi connectivity index (χ4n) is 2.94. The number of rotatable bonds is 5. The van der Waals surface area contributed by atoms with Crippen molar-refractivity contribution < 1.29 is 19.1 Å². The molecular formula is C19H21NO4S. The minimum Gasteiger partial charge on any atom is -0.481 e. The number of carbonyl (C=O) groups is 2. The molecule has 6 heteroatoms. The number of methoxy groups -OCH3 is 1. The number of carbonyl (C=O) groups excluding carboxylic acids is 2. The van der Waals surface area contributed by atoms with Crippen LogP contribution >= 0.6 is 11.3 Å². The Hall–Kier alpha value is -2.34. The minimum atomic E-state index is -0.674. The highest BCUT2D eigenvalue weighted by Crippen LogP contribution is 2.38. The molecule has 5 nitrogen and oxygen atoms in total. The van der Waals surface area contributed by atoms with Gasteiger partial charge in [0.05, 0.1) is 12.7 Å². The summed E-state index contributed by atoms with van der Waals surface area (Å²) >= 11 is 1.47. The normalized spacial score (nSPS) is 14.3. The van der Waals surface area contributed by atoms with E-state index in [9.17, 15) is 9.59 Å². The lowest BCUT2D eigenvalue weighted by atomic mass is 9.95. The maximum Gasteiger partial charge on any atom is 0.341 e. The Kier molecular flexibility index (Phi) is 5.38. The quantitative estimate of drug-likeness (QED) is 0.824. The molecule has 1 heterocycles. The Morgan fingerprint density at radius 1 is 1.16 bits per heavy atom. The highest BCUT2D eigenvalue weighted by Gasteiger charge is 2.28. The molecule has 1 aliphatic rings. The van der Waals surface area contributed by atoms with E-state index in [0.29, 0.717) is 16.3 Å². The predicted octanol–water partition coefficient (Wildman–Crippen LogP) is 3.82. The van der Waals surface area contributed by atoms with Gasteiger partial charge in [-0.1, -0.05) is 18.2 Å². The number of benzene rings is 1. The monoisotopic (exact) mass is 359 g/mol. The van der Waals surface area contributed by atoms with E-state index in [1.54, 1.807) is 19.1 Å². The molecule has 0 radical (unpaired) electrons. The van der Waals surface area contributed by atoms with E-state index in [0.717, 1.165) is 31.2 Å². The summed E-state index contributed by atoms with van der Waals surface area (Å²) in [7, 11) is 1.36. The van der Waals surface area contributed by atoms with Gasteiger partial charge in [-0.05, 0) is 50.3 Å². The summed E-state index contributed by atoms with van der Waals surface area (Å²) in [4.78, 5) is 25.9. The van der Waals surface area contributed by atoms with Gasteiger partial charge in [0, 0.05) is 4.88 Å². The molecule has 3 rings (SSSR count). The van der Waals surface area contributed by atoms with Crippen molar-refractivity contribution in [1.82, 2.24) is 0 Å². The molecule has 1 aromatic heterocycles. The summed E-state index contributed by atoms with van der Waals surface area (Å²) in [6, 6.07) is 9.18. The van der Waals surface area contributed by atoms with Gasteiger partial charge >= 0.3 is 5.97 Å². The second-order valence-corrected chi connectivity index (χ2v) is 7.07. The van der Waals surface area contributed by atoms with Crippen LogP contribution < -0.4 is 10.1 Å². The van der Waals surface area contributed by atoms with Crippen LogP contribution in [0.4, 0.5) is 5.00 Å². The molecule has 25 heavy (non-hydrogen) atoms. The van der Waals surface area contributed by atoms with Gasteiger partial charge in [-0.2, -0.15) is 0 Å². The Morgan fingerprint density at radius 3 is 2.60 bits per heavy atom. The first-order valence-electron chi connectivity index (χ1n) is 8.35. The zero-order valence-electron chi connectivity index (χ0n) is 14.3. The number of ether oxygens (including phenoxy) is 2. The summed E-state index contributed by atoms with van der Waals surface area (Å²) in [6.45, 7) is 1.69. The Balaban J connectivity index is 1.78. The van der Waals surface area contributed by atoms with Gasteiger partial charge in [0.15, 0.2) is 6.10 Å². The molecule has 1 N–H and O–H groups in total. The molecule has 0 bridgehead atoms. The fourth-order valence-corrected chi connectivity index (χ4v) is 4.22. The zero-order chi connectivity index (χ0) is 17.8. The standard InChI is InChI=1S/C19H21NO4S/c1-12(24-13-8-4-3-5-9-13)17(21)20-18-16(19(22)23-2)14-10-6-7-11-15(14)25-18/h3-5,8-9,12H,6-7,10-11H2,1-2H3,(H,20,21)/t12-/m1/s1. The smallest absolute Gasteiger partial charge is 0.341 e. The molecule has 0 aliphatic heterocycles. The first kappa shape index (κ1) is 17.5. The van der Waals surface area contributed by atoms with Gasteiger partial charge in [0.2, 0.25) is 0 Å². The van der Waals surface area contributed by atoms with Crippen LogP contribution in [0.5, 0.6) is 5.75 Å². The SMILES string of the molecule is COC(=O)c1c(NC(=O)[C@@H](C)Oc2ccccc2)sc2c1CCCC2. The number of amides is 1. The van der Waals surface area contributed by atoms with E-state index in [1.165, 1.54) is 23.3 Å². The van der Waals surface area contributed by atoms with E-state index in [-0.39, 0.29) is 5.91 Å². The predicted molar refractivity (Wildman–Crippen MR) is 97.5 cm³/mol. The minimum absolute atomic E-state index is 0.285. The summed E-state index contributed by atoms with van der Waals surface area (Å²) in [5, 5.41) is 3.42. The molecule has 0 spiro atoms. The summed E-state index contributed by atoms with van der Waals surface area (Å²) < 4.78 is 10.6. The molecule has 1 aliphatic carbocycles. The first-order valence-corrected chi connectivity index (χ1v) is 9.17. The maximum absolute atomic E-state index is 12.5. The number of hydrogen-bond acceptors (Lipinski definition) is 5. The van der Waals surface area contributed by atoms with Crippen molar-refractivity contribution in [2.75, 3.05) is 12.4 Å². The number of para-hydroxylation sites is 1. The Morgan fingerprint density at radius 2 is 1.88 bits per heavy atom. The number of esters is 1. The van der Waals surface area contributed by atoms with Crippen molar-refractivity contribution >= 4 is 28.2 Å². The van der Waals surface area contributed by atoms with E-state index < -0.39 is 12.1 Å². The van der Waals surface area contributed by atoms with Crippen molar-refractivity contribution in [3.8, 4) is 5.75 Å². The van der Waals surface area contributed by atoms with Crippen LogP contribution in [0.15, 0.2) is 30.3 Å². The largest absolute Gasteiger partial charge is 0.481 e. The average Bonchev–Trinajstić information content (AvgIpc) is 2.99. The zero-order valence-corrected chi connectivity index (χ0v) is 15.2. The molecule has 2 aromatic rings. The van der Waals surface area contributed by atoms with Crippen LogP contribution in [-0.2, 0) is 22.4 Å². The lowest BCUT2D eigenvalue weighted by Crippen LogP contribution is -2.30. The highest BCUT2D eigenvalue weighted by molar-refractivity contribution is 7.17. The van der Waals surface area contributed by atoms with Gasteiger partial charge in [0.25, 0.3) is 5.91 Å². The second kappa shape index (κ2) is 7.70. The van der Waals surface area contributed by atoms with Crippen LogP contribution in [-0.4, -0.2) is 25.1 Å². The van der Waals surface area contributed by atoms with Crippen LogP contribution in [0.25, 0.3) is 0 Å². The topological polar surface area (TPSA) is 64.6 Å². The third-order valence-corrected chi connectivity index (χ3v) is 5.43. The van der Waals surface area contributed by atoms with Gasteiger partial charge < -0.3 is 14.8 Å². The fraction of sp³-hybridized carbons (Fsp3) is 0.368. The molecule has 0 unspecified atom stereocenters. The molecular weight excluding hydrogens is 338 g/mol. The summed E-state index contributed by atoms with van der Waals surface area (Å²) in [6.07, 6.45) is 3.27. The maximum atomic E-state index is 12.5. The third-order valence-electron chi connectivity index (χ3n) is 4.22. The van der Waals surface area contributed by atoms with E-state index in [1.807, 2.05) is 18.2 Å². The molecule has 132 valence electrons. The van der Waals surface area contributed by atoms with E-state index in [2.05, 4.69) is 5.32 Å². The highest BCUT2D eigenvalue weighted by atomic mass is 32.1. The summed E-state index contributed by atoms with van der Waals surface area (Å²) in [5.74, 6) is -0.0530. The van der Waals surface area contributed by atoms with E-state index >= 15 is 0 Å². The van der Waals surface area contributed by atoms with Crippen LogP contribution in [0, 0.1) is 0 Å². The van der Waals surface area contributed by atoms with Crippen molar-refractivity contribution in [3.05, 3.63) is 46.3 Å². The van der Waals surface area contributed by atoms with Crippen LogP contribution in [0.2, 0.25) is 0 Å². The average molecular weight is 359 g/mol. The van der Waals surface area contributed by atoms with Gasteiger partial charge in [-0.3, -0.25) is 4.79 Å². The Bertz CT molecular complexity index is 769. The number of nitrogens with one attached hydrogen (secondary N) is 1. The van der Waals surface area contributed by atoms with Crippen molar-refractivity contribution in [1.29, 1.82) is 0 Å². The Labute approximate surface area is 151 Å². The number of aryl methyl sites for hydroxylation is 1. The lowest BCUT2D eigenvalue weighted by molar-refractivity contribution is -0.122. The molecule has 0 fully saturated rings. The second-order valence-electron chi connectivity index (χ2n) is 5.97.